The first-order chi connectivity index (χ1) is 10.8. The van der Waals surface area contributed by atoms with Crippen LogP contribution in [-0.2, 0) is 4.74 Å². The van der Waals surface area contributed by atoms with Gasteiger partial charge in [-0.2, -0.15) is 0 Å². The van der Waals surface area contributed by atoms with E-state index in [9.17, 15) is 9.90 Å². The fraction of sp³-hybridized carbons (Fsp3) is 0.647. The zero-order valence-corrected chi connectivity index (χ0v) is 13.9. The number of ether oxygens (including phenoxy) is 2. The molecule has 2 aliphatic rings. The summed E-state index contributed by atoms with van der Waals surface area (Å²) >= 11 is 0. The summed E-state index contributed by atoms with van der Waals surface area (Å²) in [5.41, 5.74) is -0.158. The third kappa shape index (κ3) is 3.42. The van der Waals surface area contributed by atoms with E-state index < -0.39 is 17.3 Å². The Labute approximate surface area is 136 Å². The van der Waals surface area contributed by atoms with Crippen molar-refractivity contribution in [2.75, 3.05) is 13.1 Å². The van der Waals surface area contributed by atoms with Crippen molar-refractivity contribution in [2.45, 2.75) is 57.3 Å². The zero-order valence-electron chi connectivity index (χ0n) is 13.9. The number of pyridine rings is 1. The minimum Gasteiger partial charge on any atom is -0.487 e. The van der Waals surface area contributed by atoms with Crippen molar-refractivity contribution in [2.24, 2.45) is 0 Å². The van der Waals surface area contributed by atoms with Crippen molar-refractivity contribution in [3.05, 3.63) is 24.0 Å². The summed E-state index contributed by atoms with van der Waals surface area (Å²) in [6, 6.07) is 1.79. The quantitative estimate of drug-likeness (QED) is 0.795. The Balaban J connectivity index is 1.66. The number of hydrogen-bond donors (Lipinski definition) is 1. The second-order valence-electron chi connectivity index (χ2n) is 7.39. The van der Waals surface area contributed by atoms with Gasteiger partial charge in [0.25, 0.3) is 0 Å². The number of carbonyl (C=O) groups is 1. The molecule has 1 atom stereocenters. The van der Waals surface area contributed by atoms with Gasteiger partial charge in [0.05, 0.1) is 6.10 Å². The SMILES string of the molecule is CC(C)(C)OC(=O)N1CCC2(CC1)CC(O)c1cnccc1O2. The first-order valence-corrected chi connectivity index (χ1v) is 8.07. The van der Waals surface area contributed by atoms with Crippen molar-refractivity contribution in [1.82, 2.24) is 9.88 Å². The lowest BCUT2D eigenvalue weighted by atomic mass is 9.82. The summed E-state index contributed by atoms with van der Waals surface area (Å²) in [6.45, 7) is 6.73. The molecule has 3 heterocycles. The van der Waals surface area contributed by atoms with Crippen LogP contribution in [0.4, 0.5) is 4.79 Å². The molecule has 1 N–H and O–H groups in total. The van der Waals surface area contributed by atoms with E-state index in [1.807, 2.05) is 20.8 Å². The maximum atomic E-state index is 12.2. The minimum absolute atomic E-state index is 0.284. The highest BCUT2D eigenvalue weighted by atomic mass is 16.6. The van der Waals surface area contributed by atoms with Crippen molar-refractivity contribution in [3.63, 3.8) is 0 Å². The maximum absolute atomic E-state index is 12.2. The summed E-state index contributed by atoms with van der Waals surface area (Å²) in [4.78, 5) is 17.9. The van der Waals surface area contributed by atoms with Crippen LogP contribution in [-0.4, -0.2) is 45.4 Å². The predicted octanol–water partition coefficient (Wildman–Crippen LogP) is 2.67. The number of amides is 1. The smallest absolute Gasteiger partial charge is 0.410 e. The second kappa shape index (κ2) is 5.67. The number of aromatic nitrogens is 1. The number of nitrogens with zero attached hydrogens (tertiary/aromatic N) is 2. The molecule has 0 saturated carbocycles. The van der Waals surface area contributed by atoms with Crippen LogP contribution in [0.15, 0.2) is 18.5 Å². The average Bonchev–Trinajstić information content (AvgIpc) is 2.46. The second-order valence-corrected chi connectivity index (χ2v) is 7.39. The van der Waals surface area contributed by atoms with Crippen LogP contribution in [0.5, 0.6) is 5.75 Å². The number of fused-ring (bicyclic) bond motifs is 1. The van der Waals surface area contributed by atoms with Crippen LogP contribution in [0, 0.1) is 0 Å². The Hall–Kier alpha value is -1.82. The van der Waals surface area contributed by atoms with Gasteiger partial charge in [-0.15, -0.1) is 0 Å². The number of rotatable bonds is 0. The molecule has 3 rings (SSSR count). The van der Waals surface area contributed by atoms with E-state index >= 15 is 0 Å². The first-order valence-electron chi connectivity index (χ1n) is 8.07. The van der Waals surface area contributed by atoms with Gasteiger partial charge in [0.15, 0.2) is 0 Å². The molecule has 0 aliphatic carbocycles. The number of hydrogen-bond acceptors (Lipinski definition) is 5. The highest BCUT2D eigenvalue weighted by molar-refractivity contribution is 5.68. The lowest BCUT2D eigenvalue weighted by Gasteiger charge is -2.45. The Morgan fingerprint density at radius 2 is 2.13 bits per heavy atom. The highest BCUT2D eigenvalue weighted by Crippen LogP contribution is 2.43. The van der Waals surface area contributed by atoms with Crippen LogP contribution >= 0.6 is 0 Å². The number of aliphatic hydroxyl groups is 1. The maximum Gasteiger partial charge on any atom is 0.410 e. The van der Waals surface area contributed by atoms with E-state index in [4.69, 9.17) is 9.47 Å². The Morgan fingerprint density at radius 3 is 2.78 bits per heavy atom. The van der Waals surface area contributed by atoms with E-state index in [1.54, 1.807) is 23.4 Å². The van der Waals surface area contributed by atoms with Gasteiger partial charge in [0.2, 0.25) is 0 Å². The van der Waals surface area contributed by atoms with Gasteiger partial charge in [-0.05, 0) is 26.8 Å². The summed E-state index contributed by atoms with van der Waals surface area (Å²) in [5.74, 6) is 0.699. The van der Waals surface area contributed by atoms with Gasteiger partial charge in [-0.3, -0.25) is 4.98 Å². The summed E-state index contributed by atoms with van der Waals surface area (Å²) in [5, 5.41) is 10.4. The molecule has 0 radical (unpaired) electrons. The van der Waals surface area contributed by atoms with Gasteiger partial charge >= 0.3 is 6.09 Å². The summed E-state index contributed by atoms with van der Waals surface area (Å²) in [7, 11) is 0. The third-order valence-electron chi connectivity index (χ3n) is 4.39. The van der Waals surface area contributed by atoms with Gasteiger partial charge in [-0.1, -0.05) is 0 Å². The number of carbonyl (C=O) groups excluding carboxylic acids is 1. The van der Waals surface area contributed by atoms with Crippen LogP contribution in [0.2, 0.25) is 0 Å². The standard InChI is InChI=1S/C17H24N2O4/c1-16(2,3)23-15(21)19-8-5-17(6-9-19)10-13(20)12-11-18-7-4-14(12)22-17/h4,7,11,13,20H,5-6,8-10H2,1-3H3. The topological polar surface area (TPSA) is 71.9 Å². The molecule has 1 aromatic heterocycles. The molecule has 1 amide bonds. The van der Waals surface area contributed by atoms with E-state index in [1.165, 1.54) is 0 Å². The molecule has 126 valence electrons. The third-order valence-corrected chi connectivity index (χ3v) is 4.39. The molecule has 0 aromatic carbocycles. The van der Waals surface area contributed by atoms with Crippen molar-refractivity contribution >= 4 is 6.09 Å². The minimum atomic E-state index is -0.569. The fourth-order valence-corrected chi connectivity index (χ4v) is 3.20. The molecule has 6 heteroatoms. The Bertz CT molecular complexity index is 589. The molecule has 6 nitrogen and oxygen atoms in total. The molecule has 1 saturated heterocycles. The average molecular weight is 320 g/mol. The monoisotopic (exact) mass is 320 g/mol. The lowest BCUT2D eigenvalue weighted by Crippen LogP contribution is -2.52. The Kier molecular flexibility index (Phi) is 3.96. The van der Waals surface area contributed by atoms with Crippen LogP contribution in [0.3, 0.4) is 0 Å². The summed E-state index contributed by atoms with van der Waals surface area (Å²) in [6.07, 6.45) is 4.38. The lowest BCUT2D eigenvalue weighted by molar-refractivity contribution is -0.0571. The predicted molar refractivity (Wildman–Crippen MR) is 84.2 cm³/mol. The van der Waals surface area contributed by atoms with Crippen molar-refractivity contribution < 1.29 is 19.4 Å². The molecule has 1 aromatic rings. The van der Waals surface area contributed by atoms with Gasteiger partial charge in [0.1, 0.15) is 17.0 Å². The largest absolute Gasteiger partial charge is 0.487 e. The molecular weight excluding hydrogens is 296 g/mol. The Morgan fingerprint density at radius 1 is 1.43 bits per heavy atom. The van der Waals surface area contributed by atoms with Crippen LogP contribution < -0.4 is 4.74 Å². The molecule has 2 aliphatic heterocycles. The molecule has 1 fully saturated rings. The highest BCUT2D eigenvalue weighted by Gasteiger charge is 2.44. The van der Waals surface area contributed by atoms with E-state index in [0.29, 0.717) is 38.1 Å². The van der Waals surface area contributed by atoms with Crippen molar-refractivity contribution in [3.8, 4) is 5.75 Å². The number of piperidine rings is 1. The zero-order chi connectivity index (χ0) is 16.7. The van der Waals surface area contributed by atoms with Crippen LogP contribution in [0.25, 0.3) is 0 Å². The number of aliphatic hydroxyl groups excluding tert-OH is 1. The number of likely N-dealkylation sites (tertiary alicyclic amines) is 1. The molecule has 23 heavy (non-hydrogen) atoms. The van der Waals surface area contributed by atoms with Gasteiger partial charge in [0, 0.05) is 50.3 Å². The van der Waals surface area contributed by atoms with E-state index in [0.717, 1.165) is 5.56 Å². The van der Waals surface area contributed by atoms with E-state index in [2.05, 4.69) is 4.98 Å². The van der Waals surface area contributed by atoms with E-state index in [-0.39, 0.29) is 6.09 Å². The molecular formula is C17H24N2O4. The molecule has 1 unspecified atom stereocenters. The van der Waals surface area contributed by atoms with Crippen LogP contribution in [0.1, 0.15) is 51.7 Å². The van der Waals surface area contributed by atoms with Gasteiger partial charge in [-0.25, -0.2) is 4.79 Å². The summed E-state index contributed by atoms with van der Waals surface area (Å²) < 4.78 is 11.6. The van der Waals surface area contributed by atoms with Crippen molar-refractivity contribution in [1.29, 1.82) is 0 Å². The molecule has 0 bridgehead atoms. The first kappa shape index (κ1) is 16.1. The fourth-order valence-electron chi connectivity index (χ4n) is 3.20. The van der Waals surface area contributed by atoms with Gasteiger partial charge < -0.3 is 19.5 Å². The normalized spacial score (nSPS) is 23.1. The molecule has 1 spiro atoms.